The van der Waals surface area contributed by atoms with E-state index in [1.807, 2.05) is 13.1 Å². The van der Waals surface area contributed by atoms with Crippen molar-refractivity contribution in [2.24, 2.45) is 5.92 Å². The van der Waals surface area contributed by atoms with Crippen LogP contribution < -0.4 is 10.2 Å². The molecule has 0 saturated carbocycles. The Morgan fingerprint density at radius 1 is 1.48 bits per heavy atom. The Kier molecular flexibility index (Phi) is 4.74. The zero-order valence-electron chi connectivity index (χ0n) is 12.1. The molecule has 1 atom stereocenters. The van der Waals surface area contributed by atoms with Gasteiger partial charge >= 0.3 is 0 Å². The van der Waals surface area contributed by atoms with Crippen LogP contribution in [0.25, 0.3) is 11.4 Å². The summed E-state index contributed by atoms with van der Waals surface area (Å²) in [6, 6.07) is 8.30. The monoisotopic (exact) mass is 397 g/mol. The van der Waals surface area contributed by atoms with Gasteiger partial charge in [0.15, 0.2) is 5.82 Å². The summed E-state index contributed by atoms with van der Waals surface area (Å²) >= 11 is 2.31. The highest BCUT2D eigenvalue weighted by Gasteiger charge is 2.22. The Hall–Kier alpha value is -1.15. The van der Waals surface area contributed by atoms with E-state index in [-0.39, 0.29) is 0 Å². The zero-order valence-corrected chi connectivity index (χ0v) is 14.3. The molecule has 2 heterocycles. The van der Waals surface area contributed by atoms with Crippen LogP contribution in [0, 0.1) is 9.49 Å². The minimum atomic E-state index is 0.684. The van der Waals surface area contributed by atoms with Gasteiger partial charge in [-0.05, 0) is 67.1 Å². The van der Waals surface area contributed by atoms with Gasteiger partial charge in [-0.1, -0.05) is 12.1 Å². The molecule has 1 aliphatic rings. The first kappa shape index (κ1) is 14.8. The fraction of sp³-hybridized carbons (Fsp3) is 0.467. The molecule has 0 radical (unpaired) electrons. The van der Waals surface area contributed by atoms with Crippen molar-refractivity contribution in [2.45, 2.75) is 12.8 Å². The SMILES string of the molecule is CNCC1CCCN(c2n[nH]c(-c3cccc(I)c3)n2)C1. The van der Waals surface area contributed by atoms with Crippen LogP contribution in [0.4, 0.5) is 5.95 Å². The van der Waals surface area contributed by atoms with Crippen molar-refractivity contribution >= 4 is 28.5 Å². The smallest absolute Gasteiger partial charge is 0.245 e. The molecule has 21 heavy (non-hydrogen) atoms. The van der Waals surface area contributed by atoms with E-state index in [9.17, 15) is 0 Å². The lowest BCUT2D eigenvalue weighted by Gasteiger charge is -2.31. The van der Waals surface area contributed by atoms with Crippen molar-refractivity contribution in [2.75, 3.05) is 31.6 Å². The standard InChI is InChI=1S/C15H20IN5/c1-17-9-11-4-3-7-21(10-11)15-18-14(19-20-15)12-5-2-6-13(16)8-12/h2,5-6,8,11,17H,3-4,7,9-10H2,1H3,(H,18,19,20). The van der Waals surface area contributed by atoms with Gasteiger partial charge in [-0.25, -0.2) is 0 Å². The molecule has 1 aromatic heterocycles. The summed E-state index contributed by atoms with van der Waals surface area (Å²) in [4.78, 5) is 6.97. The van der Waals surface area contributed by atoms with Gasteiger partial charge in [0.05, 0.1) is 0 Å². The Morgan fingerprint density at radius 3 is 3.19 bits per heavy atom. The second-order valence-corrected chi connectivity index (χ2v) is 6.75. The highest BCUT2D eigenvalue weighted by atomic mass is 127. The molecular weight excluding hydrogens is 377 g/mol. The van der Waals surface area contributed by atoms with E-state index in [0.29, 0.717) is 5.92 Å². The third-order valence-electron chi connectivity index (χ3n) is 3.87. The van der Waals surface area contributed by atoms with Gasteiger partial charge in [0.1, 0.15) is 0 Å². The van der Waals surface area contributed by atoms with Crippen LogP contribution in [-0.2, 0) is 0 Å². The molecule has 5 nitrogen and oxygen atoms in total. The van der Waals surface area contributed by atoms with Crippen LogP contribution >= 0.6 is 22.6 Å². The van der Waals surface area contributed by atoms with E-state index in [4.69, 9.17) is 0 Å². The van der Waals surface area contributed by atoms with Crippen molar-refractivity contribution in [1.29, 1.82) is 0 Å². The molecule has 1 unspecified atom stereocenters. The van der Waals surface area contributed by atoms with Crippen LogP contribution in [0.1, 0.15) is 12.8 Å². The Balaban J connectivity index is 1.75. The third-order valence-corrected chi connectivity index (χ3v) is 4.54. The van der Waals surface area contributed by atoms with Crippen LogP contribution in [0.2, 0.25) is 0 Å². The second kappa shape index (κ2) is 6.74. The number of anilines is 1. The maximum absolute atomic E-state index is 4.68. The molecule has 1 saturated heterocycles. The lowest BCUT2D eigenvalue weighted by Crippen LogP contribution is -2.39. The van der Waals surface area contributed by atoms with Gasteiger partial charge in [-0.3, -0.25) is 5.10 Å². The predicted molar refractivity (Wildman–Crippen MR) is 93.4 cm³/mol. The molecular formula is C15H20IN5. The molecule has 1 fully saturated rings. The maximum atomic E-state index is 4.68. The number of aromatic nitrogens is 3. The summed E-state index contributed by atoms with van der Waals surface area (Å²) in [7, 11) is 2.01. The van der Waals surface area contributed by atoms with Crippen LogP contribution in [0.15, 0.2) is 24.3 Å². The number of hydrogen-bond donors (Lipinski definition) is 2. The topological polar surface area (TPSA) is 56.8 Å². The van der Waals surface area contributed by atoms with E-state index < -0.39 is 0 Å². The number of halogens is 1. The van der Waals surface area contributed by atoms with Crippen molar-refractivity contribution in [3.05, 3.63) is 27.8 Å². The number of nitrogens with zero attached hydrogens (tertiary/aromatic N) is 3. The average molecular weight is 397 g/mol. The van der Waals surface area contributed by atoms with Crippen molar-refractivity contribution in [1.82, 2.24) is 20.5 Å². The number of nitrogens with one attached hydrogen (secondary N) is 2. The molecule has 112 valence electrons. The fourth-order valence-corrected chi connectivity index (χ4v) is 3.40. The molecule has 1 aliphatic heterocycles. The summed E-state index contributed by atoms with van der Waals surface area (Å²) in [5.74, 6) is 2.35. The van der Waals surface area contributed by atoms with Crippen LogP contribution in [0.3, 0.4) is 0 Å². The summed E-state index contributed by atoms with van der Waals surface area (Å²) in [6.07, 6.45) is 2.49. The zero-order chi connectivity index (χ0) is 14.7. The number of benzene rings is 1. The Bertz CT molecular complexity index is 595. The van der Waals surface area contributed by atoms with Gasteiger partial charge in [-0.2, -0.15) is 4.98 Å². The minimum absolute atomic E-state index is 0.684. The quantitative estimate of drug-likeness (QED) is 0.779. The van der Waals surface area contributed by atoms with Crippen molar-refractivity contribution in [3.8, 4) is 11.4 Å². The highest BCUT2D eigenvalue weighted by Crippen LogP contribution is 2.23. The van der Waals surface area contributed by atoms with Gasteiger partial charge in [0.25, 0.3) is 0 Å². The molecule has 1 aromatic carbocycles. The van der Waals surface area contributed by atoms with Gasteiger partial charge in [-0.15, -0.1) is 5.10 Å². The summed E-state index contributed by atoms with van der Waals surface area (Å²) in [5, 5.41) is 10.7. The van der Waals surface area contributed by atoms with Crippen LogP contribution in [0.5, 0.6) is 0 Å². The van der Waals surface area contributed by atoms with Crippen molar-refractivity contribution in [3.63, 3.8) is 0 Å². The molecule has 0 aliphatic carbocycles. The number of hydrogen-bond acceptors (Lipinski definition) is 4. The Labute approximate surface area is 138 Å². The van der Waals surface area contributed by atoms with Crippen LogP contribution in [-0.4, -0.2) is 41.9 Å². The molecule has 6 heteroatoms. The van der Waals surface area contributed by atoms with Gasteiger partial charge < -0.3 is 10.2 Å². The number of piperidine rings is 1. The number of rotatable bonds is 4. The lowest BCUT2D eigenvalue weighted by molar-refractivity contribution is 0.399. The highest BCUT2D eigenvalue weighted by molar-refractivity contribution is 14.1. The molecule has 0 bridgehead atoms. The van der Waals surface area contributed by atoms with Gasteiger partial charge in [0, 0.05) is 22.2 Å². The lowest BCUT2D eigenvalue weighted by atomic mass is 9.98. The van der Waals surface area contributed by atoms with E-state index in [1.54, 1.807) is 0 Å². The van der Waals surface area contributed by atoms with E-state index >= 15 is 0 Å². The molecule has 2 aromatic rings. The molecule has 0 amide bonds. The van der Waals surface area contributed by atoms with E-state index in [1.165, 1.54) is 16.4 Å². The summed E-state index contributed by atoms with van der Waals surface area (Å²) in [5.41, 5.74) is 1.09. The second-order valence-electron chi connectivity index (χ2n) is 5.51. The predicted octanol–water partition coefficient (Wildman–Crippen LogP) is 2.51. The molecule has 0 spiro atoms. The molecule has 3 rings (SSSR count). The van der Waals surface area contributed by atoms with E-state index in [0.717, 1.165) is 37.0 Å². The summed E-state index contributed by atoms with van der Waals surface area (Å²) < 4.78 is 1.20. The molecule has 2 N–H and O–H groups in total. The first-order chi connectivity index (χ1) is 10.3. The summed E-state index contributed by atoms with van der Waals surface area (Å²) in [6.45, 7) is 3.14. The fourth-order valence-electron chi connectivity index (χ4n) is 2.86. The largest absolute Gasteiger partial charge is 0.339 e. The first-order valence-corrected chi connectivity index (χ1v) is 8.42. The number of aromatic amines is 1. The number of H-pyrrole nitrogens is 1. The normalized spacial score (nSPS) is 19.0. The average Bonchev–Trinajstić information content (AvgIpc) is 2.98. The van der Waals surface area contributed by atoms with Crippen molar-refractivity contribution < 1.29 is 0 Å². The third kappa shape index (κ3) is 3.55. The maximum Gasteiger partial charge on any atom is 0.245 e. The first-order valence-electron chi connectivity index (χ1n) is 7.34. The van der Waals surface area contributed by atoms with Gasteiger partial charge in [0.2, 0.25) is 5.95 Å². The van der Waals surface area contributed by atoms with E-state index in [2.05, 4.69) is 66.2 Å². The minimum Gasteiger partial charge on any atom is -0.339 e. The Morgan fingerprint density at radius 2 is 2.38 bits per heavy atom.